The lowest BCUT2D eigenvalue weighted by Crippen LogP contribution is -2.29. The summed E-state index contributed by atoms with van der Waals surface area (Å²) in [5.74, 6) is 0.223. The summed E-state index contributed by atoms with van der Waals surface area (Å²) in [6.07, 6.45) is 3.43. The molecule has 198 valence electrons. The Morgan fingerprint density at radius 2 is 1.69 bits per heavy atom. The van der Waals surface area contributed by atoms with Crippen LogP contribution in [-0.2, 0) is 10.0 Å². The molecule has 3 aromatic carbocycles. The molecule has 0 atom stereocenters. The van der Waals surface area contributed by atoms with E-state index in [9.17, 15) is 18.6 Å². The second-order valence-electron chi connectivity index (χ2n) is 8.42. The molecule has 0 radical (unpaired) electrons. The van der Waals surface area contributed by atoms with Crippen molar-refractivity contribution in [3.63, 3.8) is 0 Å². The first kappa shape index (κ1) is 26.2. The van der Waals surface area contributed by atoms with Crippen molar-refractivity contribution in [1.29, 1.82) is 0 Å². The number of nitrogens with one attached hydrogen (secondary N) is 2. The highest BCUT2D eigenvalue weighted by Crippen LogP contribution is 2.35. The lowest BCUT2D eigenvalue weighted by Gasteiger charge is -2.09. The van der Waals surface area contributed by atoms with E-state index in [0.29, 0.717) is 28.5 Å². The molecule has 0 aliphatic carbocycles. The second kappa shape index (κ2) is 11.1. The lowest BCUT2D eigenvalue weighted by molar-refractivity contribution is 0.474. The third-order valence-electron chi connectivity index (χ3n) is 5.73. The van der Waals surface area contributed by atoms with Crippen LogP contribution in [0.25, 0.3) is 28.2 Å². The molecule has 2 aromatic heterocycles. The Balaban J connectivity index is 1.37. The molecule has 5 aromatic rings. The lowest BCUT2D eigenvalue weighted by atomic mass is 10.1. The molecular weight excluding hydrogens is 540 g/mol. The maximum atomic E-state index is 12.4. The van der Waals surface area contributed by atoms with Gasteiger partial charge in [-0.3, -0.25) is 0 Å². The van der Waals surface area contributed by atoms with Crippen LogP contribution in [0, 0.1) is 0 Å². The first-order valence-electron chi connectivity index (χ1n) is 11.8. The minimum atomic E-state index is -3.73. The highest BCUT2D eigenvalue weighted by atomic mass is 35.5. The highest BCUT2D eigenvalue weighted by molar-refractivity contribution is 7.89. The Hall–Kier alpha value is -4.45. The molecule has 0 fully saturated rings. The van der Waals surface area contributed by atoms with Crippen LogP contribution in [-0.4, -0.2) is 51.5 Å². The fourth-order valence-electron chi connectivity index (χ4n) is 3.81. The zero-order valence-corrected chi connectivity index (χ0v) is 21.9. The smallest absolute Gasteiger partial charge is 0.240 e. The van der Waals surface area contributed by atoms with Gasteiger partial charge in [-0.15, -0.1) is 0 Å². The zero-order chi connectivity index (χ0) is 27.4. The van der Waals surface area contributed by atoms with E-state index in [4.69, 9.17) is 16.7 Å². The van der Waals surface area contributed by atoms with Crippen molar-refractivity contribution in [2.24, 2.45) is 0 Å². The predicted molar refractivity (Wildman–Crippen MR) is 148 cm³/mol. The van der Waals surface area contributed by atoms with Crippen LogP contribution in [0.3, 0.4) is 0 Å². The average molecular weight is 563 g/mol. The fraction of sp³-hybridized carbons (Fsp3) is 0.0741. The van der Waals surface area contributed by atoms with E-state index in [-0.39, 0.29) is 34.5 Å². The van der Waals surface area contributed by atoms with Crippen LogP contribution in [0.2, 0.25) is 5.02 Å². The number of sulfonamides is 1. The molecule has 0 aliphatic rings. The molecule has 2 heterocycles. The first-order valence-corrected chi connectivity index (χ1v) is 13.7. The standard InChI is InChI=1S/C27H23ClN6O4S/c28-23-11-6-18(16-25(23)36)26-22(17-34(33-26)19-4-2-1-3-5-19)24-12-13-29-27(32-24)30-14-15-31-39(37,38)21-9-7-20(35)8-10-21/h1-13,16-17,31,35-36H,14-15H2,(H,29,30,32). The van der Waals surface area contributed by atoms with Gasteiger partial charge in [-0.05, 0) is 54.6 Å². The number of aromatic nitrogens is 4. The number of nitrogens with zero attached hydrogens (tertiary/aromatic N) is 4. The third-order valence-corrected chi connectivity index (χ3v) is 7.53. The molecule has 0 aliphatic heterocycles. The molecule has 0 saturated heterocycles. The van der Waals surface area contributed by atoms with E-state index in [1.54, 1.807) is 35.1 Å². The van der Waals surface area contributed by atoms with Crippen LogP contribution < -0.4 is 10.0 Å². The minimum absolute atomic E-state index is 0.0158. The normalized spacial score (nSPS) is 11.4. The SMILES string of the molecule is O=S(=O)(NCCNc1nccc(-c2cn(-c3ccccc3)nc2-c2ccc(Cl)c(O)c2)n1)c1ccc(O)cc1. The number of rotatable bonds is 9. The Bertz CT molecular complexity index is 1710. The molecule has 4 N–H and O–H groups in total. The summed E-state index contributed by atoms with van der Waals surface area (Å²) < 4.78 is 29.1. The Kier molecular flexibility index (Phi) is 7.46. The summed E-state index contributed by atoms with van der Waals surface area (Å²) in [6, 6.07) is 21.5. The molecule has 10 nitrogen and oxygen atoms in total. The van der Waals surface area contributed by atoms with Gasteiger partial charge in [0.25, 0.3) is 0 Å². The maximum absolute atomic E-state index is 12.4. The van der Waals surface area contributed by atoms with Gasteiger partial charge in [-0.25, -0.2) is 27.8 Å². The van der Waals surface area contributed by atoms with E-state index in [2.05, 4.69) is 20.0 Å². The number of phenols is 2. The van der Waals surface area contributed by atoms with Gasteiger partial charge in [0.1, 0.15) is 17.2 Å². The Morgan fingerprint density at radius 1 is 0.923 bits per heavy atom. The van der Waals surface area contributed by atoms with E-state index in [1.165, 1.54) is 24.3 Å². The van der Waals surface area contributed by atoms with Crippen LogP contribution in [0.1, 0.15) is 0 Å². The number of aromatic hydroxyl groups is 2. The van der Waals surface area contributed by atoms with Gasteiger partial charge >= 0.3 is 0 Å². The molecule has 0 amide bonds. The van der Waals surface area contributed by atoms with E-state index >= 15 is 0 Å². The Morgan fingerprint density at radius 3 is 2.44 bits per heavy atom. The average Bonchev–Trinajstić information content (AvgIpc) is 3.39. The van der Waals surface area contributed by atoms with Crippen molar-refractivity contribution in [3.8, 4) is 39.7 Å². The van der Waals surface area contributed by atoms with Gasteiger partial charge in [0, 0.05) is 36.6 Å². The number of benzene rings is 3. The van der Waals surface area contributed by atoms with Gasteiger partial charge in [-0.1, -0.05) is 35.9 Å². The van der Waals surface area contributed by atoms with Gasteiger partial charge in [0.2, 0.25) is 16.0 Å². The summed E-state index contributed by atoms with van der Waals surface area (Å²) in [6.45, 7) is 0.306. The van der Waals surface area contributed by atoms with Crippen LogP contribution >= 0.6 is 11.6 Å². The van der Waals surface area contributed by atoms with Gasteiger partial charge < -0.3 is 15.5 Å². The van der Waals surface area contributed by atoms with Crippen LogP contribution in [0.15, 0.2) is 96.2 Å². The number of hydrogen-bond acceptors (Lipinski definition) is 8. The molecule has 0 spiro atoms. The van der Waals surface area contributed by atoms with E-state index in [0.717, 1.165) is 5.69 Å². The number of anilines is 1. The highest BCUT2D eigenvalue weighted by Gasteiger charge is 2.17. The van der Waals surface area contributed by atoms with Crippen molar-refractivity contribution in [3.05, 3.63) is 96.3 Å². The molecule has 5 rings (SSSR count). The van der Waals surface area contributed by atoms with Crippen molar-refractivity contribution in [2.75, 3.05) is 18.4 Å². The Labute approximate surface area is 229 Å². The van der Waals surface area contributed by atoms with E-state index in [1.807, 2.05) is 36.5 Å². The monoisotopic (exact) mass is 562 g/mol. The first-order chi connectivity index (χ1) is 18.8. The number of halogens is 1. The summed E-state index contributed by atoms with van der Waals surface area (Å²) in [5, 5.41) is 27.6. The summed E-state index contributed by atoms with van der Waals surface area (Å²) >= 11 is 6.02. The van der Waals surface area contributed by atoms with Gasteiger partial charge in [0.05, 0.1) is 21.3 Å². The maximum Gasteiger partial charge on any atom is 0.240 e. The number of para-hydroxylation sites is 1. The third kappa shape index (κ3) is 6.01. The van der Waals surface area contributed by atoms with Crippen molar-refractivity contribution < 1.29 is 18.6 Å². The molecule has 0 unspecified atom stereocenters. The summed E-state index contributed by atoms with van der Waals surface area (Å²) in [5.41, 5.74) is 3.34. The molecule has 0 bridgehead atoms. The van der Waals surface area contributed by atoms with E-state index < -0.39 is 10.0 Å². The van der Waals surface area contributed by atoms with Gasteiger partial charge in [0.15, 0.2) is 0 Å². The van der Waals surface area contributed by atoms with Crippen LogP contribution in [0.4, 0.5) is 5.95 Å². The quantitative estimate of drug-likeness (QED) is 0.193. The van der Waals surface area contributed by atoms with Crippen molar-refractivity contribution >= 4 is 27.6 Å². The molecular formula is C27H23ClN6O4S. The molecule has 12 heteroatoms. The summed E-state index contributed by atoms with van der Waals surface area (Å²) in [4.78, 5) is 8.91. The minimum Gasteiger partial charge on any atom is -0.508 e. The largest absolute Gasteiger partial charge is 0.508 e. The summed E-state index contributed by atoms with van der Waals surface area (Å²) in [7, 11) is -3.73. The van der Waals surface area contributed by atoms with Crippen molar-refractivity contribution in [1.82, 2.24) is 24.5 Å². The molecule has 0 saturated carbocycles. The predicted octanol–water partition coefficient (Wildman–Crippen LogP) is 4.45. The zero-order valence-electron chi connectivity index (χ0n) is 20.4. The van der Waals surface area contributed by atoms with Crippen LogP contribution in [0.5, 0.6) is 11.5 Å². The number of hydrogen-bond donors (Lipinski definition) is 4. The topological polar surface area (TPSA) is 142 Å². The number of phenolic OH excluding ortho intramolecular Hbond substituents is 2. The second-order valence-corrected chi connectivity index (χ2v) is 10.6. The van der Waals surface area contributed by atoms with Gasteiger partial charge in [-0.2, -0.15) is 5.10 Å². The fourth-order valence-corrected chi connectivity index (χ4v) is 4.96. The molecule has 39 heavy (non-hydrogen) atoms. The van der Waals surface area contributed by atoms with Crippen molar-refractivity contribution in [2.45, 2.75) is 4.90 Å².